The Bertz CT molecular complexity index is 1320. The molecule has 2 amide bonds. The minimum atomic E-state index is -0.691. The fourth-order valence-electron chi connectivity index (χ4n) is 3.92. The number of fused-ring (bicyclic) bond motifs is 2. The molecule has 34 heavy (non-hydrogen) atoms. The van der Waals surface area contributed by atoms with E-state index >= 15 is 0 Å². The van der Waals surface area contributed by atoms with Crippen LogP contribution >= 0.6 is 35.1 Å². The molecular weight excluding hydrogens is 496 g/mol. The molecule has 2 heterocycles. The second-order valence-electron chi connectivity index (χ2n) is 7.55. The van der Waals surface area contributed by atoms with Gasteiger partial charge < -0.3 is 4.90 Å². The van der Waals surface area contributed by atoms with Crippen LogP contribution in [0.5, 0.6) is 0 Å². The lowest BCUT2D eigenvalue weighted by Crippen LogP contribution is -2.48. The average Bonchev–Trinajstić information content (AvgIpc) is 3.19. The van der Waals surface area contributed by atoms with Crippen molar-refractivity contribution in [3.8, 4) is 0 Å². The first-order chi connectivity index (χ1) is 16.4. The molecule has 8 nitrogen and oxygen atoms in total. The zero-order valence-electron chi connectivity index (χ0n) is 17.5. The molecule has 1 unspecified atom stereocenters. The topological polar surface area (TPSA) is 95.8 Å². The molecule has 2 aliphatic heterocycles. The van der Waals surface area contributed by atoms with E-state index in [1.165, 1.54) is 22.8 Å². The highest BCUT2D eigenvalue weighted by Gasteiger charge is 2.38. The van der Waals surface area contributed by atoms with Crippen LogP contribution in [0.15, 0.2) is 76.5 Å². The van der Waals surface area contributed by atoms with Gasteiger partial charge in [0.05, 0.1) is 27.6 Å². The van der Waals surface area contributed by atoms with Gasteiger partial charge in [-0.15, -0.1) is 11.8 Å². The minimum absolute atomic E-state index is 0.0665. The second kappa shape index (κ2) is 9.21. The van der Waals surface area contributed by atoms with E-state index in [-0.39, 0.29) is 23.9 Å². The Labute approximate surface area is 208 Å². The first-order valence-electron chi connectivity index (χ1n) is 10.2. The van der Waals surface area contributed by atoms with Crippen LogP contribution in [0.1, 0.15) is 10.9 Å². The zero-order valence-corrected chi connectivity index (χ0v) is 19.9. The molecule has 11 heteroatoms. The van der Waals surface area contributed by atoms with E-state index in [4.69, 9.17) is 11.6 Å². The van der Waals surface area contributed by atoms with Gasteiger partial charge in [-0.1, -0.05) is 47.6 Å². The molecule has 3 aromatic carbocycles. The molecule has 1 N–H and O–H groups in total. The molecular formula is C23H17ClN4O4S2. The third-order valence-corrected chi connectivity index (χ3v) is 7.96. The van der Waals surface area contributed by atoms with E-state index in [1.54, 1.807) is 42.1 Å². The van der Waals surface area contributed by atoms with Gasteiger partial charge in [0.25, 0.3) is 17.5 Å². The molecule has 5 rings (SSSR count). The lowest BCUT2D eigenvalue weighted by Gasteiger charge is -2.33. The number of nitrogens with zero attached hydrogens (tertiary/aromatic N) is 3. The number of para-hydroxylation sites is 2. The quantitative estimate of drug-likeness (QED) is 0.372. The normalized spacial score (nSPS) is 16.7. The van der Waals surface area contributed by atoms with Gasteiger partial charge in [0.2, 0.25) is 0 Å². The number of benzene rings is 3. The molecule has 3 aromatic rings. The summed E-state index contributed by atoms with van der Waals surface area (Å²) < 4.78 is 0. The van der Waals surface area contributed by atoms with Crippen molar-refractivity contribution in [1.82, 2.24) is 10.4 Å². The molecule has 0 spiro atoms. The molecule has 0 radical (unpaired) electrons. The average molecular weight is 513 g/mol. The number of hydrogen-bond donors (Lipinski definition) is 1. The van der Waals surface area contributed by atoms with Crippen molar-refractivity contribution in [3.63, 3.8) is 0 Å². The third-order valence-electron chi connectivity index (χ3n) is 5.40. The van der Waals surface area contributed by atoms with Gasteiger partial charge in [-0.2, -0.15) is 0 Å². The maximum Gasteiger partial charge on any atom is 0.275 e. The van der Waals surface area contributed by atoms with Crippen molar-refractivity contribution in [2.75, 3.05) is 17.2 Å². The van der Waals surface area contributed by atoms with Gasteiger partial charge in [-0.05, 0) is 36.4 Å². The zero-order chi connectivity index (χ0) is 23.8. The second-order valence-corrected chi connectivity index (χ2v) is 10.1. The lowest BCUT2D eigenvalue weighted by molar-refractivity contribution is -0.385. The van der Waals surface area contributed by atoms with Crippen LogP contribution in [-0.4, -0.2) is 34.0 Å². The standard InChI is InChI=1S/C23H17ClN4O4S2/c24-14-9-10-20-18(11-14)26(17-7-3-4-8-19(17)34-20)12-21(29)25-27-22(30)13-33-23(27)15-5-1-2-6-16(15)28(31)32/h1-11,23H,12-13H2,(H,25,29). The van der Waals surface area contributed by atoms with Gasteiger partial charge in [0.1, 0.15) is 11.9 Å². The first-order valence-corrected chi connectivity index (χ1v) is 12.5. The highest BCUT2D eigenvalue weighted by atomic mass is 35.5. The van der Waals surface area contributed by atoms with Gasteiger partial charge >= 0.3 is 0 Å². The van der Waals surface area contributed by atoms with E-state index < -0.39 is 16.2 Å². The number of anilines is 2. The van der Waals surface area contributed by atoms with Crippen LogP contribution in [0.4, 0.5) is 17.1 Å². The Morgan fingerprint density at radius 2 is 1.82 bits per heavy atom. The van der Waals surface area contributed by atoms with Gasteiger partial charge in [0, 0.05) is 20.9 Å². The Balaban J connectivity index is 1.42. The number of rotatable bonds is 5. The Morgan fingerprint density at radius 3 is 2.65 bits per heavy atom. The largest absolute Gasteiger partial charge is 0.330 e. The van der Waals surface area contributed by atoms with Crippen LogP contribution in [0, 0.1) is 10.1 Å². The highest BCUT2D eigenvalue weighted by molar-refractivity contribution is 8.00. The molecule has 0 aliphatic carbocycles. The number of nitrogens with one attached hydrogen (secondary N) is 1. The summed E-state index contributed by atoms with van der Waals surface area (Å²) in [6.45, 7) is -0.0665. The number of nitro benzene ring substituents is 1. The number of nitro groups is 1. The van der Waals surface area contributed by atoms with Crippen LogP contribution in [-0.2, 0) is 9.59 Å². The molecule has 0 aromatic heterocycles. The molecule has 2 aliphatic rings. The van der Waals surface area contributed by atoms with Crippen molar-refractivity contribution in [2.24, 2.45) is 0 Å². The number of thioether (sulfide) groups is 1. The van der Waals surface area contributed by atoms with Gasteiger partial charge in [-0.3, -0.25) is 25.1 Å². The minimum Gasteiger partial charge on any atom is -0.330 e. The summed E-state index contributed by atoms with van der Waals surface area (Å²) in [4.78, 5) is 40.6. The Morgan fingerprint density at radius 1 is 1.09 bits per heavy atom. The number of hydrazine groups is 1. The number of halogens is 1. The van der Waals surface area contributed by atoms with Crippen molar-refractivity contribution in [1.29, 1.82) is 0 Å². The molecule has 0 bridgehead atoms. The fraction of sp³-hybridized carbons (Fsp3) is 0.130. The van der Waals surface area contributed by atoms with E-state index in [0.29, 0.717) is 10.6 Å². The number of carbonyl (C=O) groups excluding carboxylic acids is 2. The third kappa shape index (κ3) is 4.20. The molecule has 1 fully saturated rings. The summed E-state index contributed by atoms with van der Waals surface area (Å²) in [5.41, 5.74) is 4.60. The van der Waals surface area contributed by atoms with Gasteiger partial charge in [0.15, 0.2) is 0 Å². The van der Waals surface area contributed by atoms with Crippen molar-refractivity contribution >= 4 is 64.0 Å². The maximum absolute atomic E-state index is 13.2. The van der Waals surface area contributed by atoms with Crippen molar-refractivity contribution < 1.29 is 14.5 Å². The van der Waals surface area contributed by atoms with Crippen molar-refractivity contribution in [3.05, 3.63) is 87.4 Å². The predicted octanol–water partition coefficient (Wildman–Crippen LogP) is 5.16. The monoisotopic (exact) mass is 512 g/mol. The maximum atomic E-state index is 13.2. The van der Waals surface area contributed by atoms with E-state index in [9.17, 15) is 19.7 Å². The summed E-state index contributed by atoms with van der Waals surface area (Å²) >= 11 is 9.07. The van der Waals surface area contributed by atoms with Crippen LogP contribution in [0.25, 0.3) is 0 Å². The molecule has 1 saturated heterocycles. The summed E-state index contributed by atoms with van der Waals surface area (Å²) in [6, 6.07) is 19.5. The van der Waals surface area contributed by atoms with Crippen LogP contribution in [0.3, 0.4) is 0 Å². The first kappa shape index (κ1) is 22.6. The number of amides is 2. The SMILES string of the molecule is O=C(CN1c2ccccc2Sc2ccc(Cl)cc21)NN1C(=O)CSC1c1ccccc1[N+](=O)[O-]. The van der Waals surface area contributed by atoms with Crippen LogP contribution < -0.4 is 10.3 Å². The summed E-state index contributed by atoms with van der Waals surface area (Å²) in [5, 5.41) is 12.5. The van der Waals surface area contributed by atoms with Crippen molar-refractivity contribution in [2.45, 2.75) is 15.2 Å². The smallest absolute Gasteiger partial charge is 0.275 e. The summed E-state index contributed by atoms with van der Waals surface area (Å²) in [6.07, 6.45) is 0. The molecule has 0 saturated carbocycles. The molecule has 172 valence electrons. The van der Waals surface area contributed by atoms with Gasteiger partial charge in [-0.25, -0.2) is 5.01 Å². The number of carbonyl (C=O) groups is 2. The van der Waals surface area contributed by atoms with E-state index in [0.717, 1.165) is 21.2 Å². The Kier molecular flexibility index (Phi) is 6.11. The lowest BCUT2D eigenvalue weighted by atomic mass is 10.1. The number of hydrogen-bond acceptors (Lipinski definition) is 7. The van der Waals surface area contributed by atoms with E-state index in [2.05, 4.69) is 5.43 Å². The van der Waals surface area contributed by atoms with Crippen LogP contribution in [0.2, 0.25) is 5.02 Å². The summed E-state index contributed by atoms with van der Waals surface area (Å²) in [5.74, 6) is -0.634. The highest BCUT2D eigenvalue weighted by Crippen LogP contribution is 2.48. The Hall–Kier alpha value is -3.21. The predicted molar refractivity (Wildman–Crippen MR) is 132 cm³/mol. The summed E-state index contributed by atoms with van der Waals surface area (Å²) in [7, 11) is 0. The fourth-order valence-corrected chi connectivity index (χ4v) is 6.30. The molecule has 1 atom stereocenters. The van der Waals surface area contributed by atoms with E-state index in [1.807, 2.05) is 35.2 Å².